The van der Waals surface area contributed by atoms with Gasteiger partial charge in [0.05, 0.1) is 43.0 Å². The van der Waals surface area contributed by atoms with Gasteiger partial charge in [0.2, 0.25) is 11.7 Å². The summed E-state index contributed by atoms with van der Waals surface area (Å²) in [7, 11) is 0. The Morgan fingerprint density at radius 2 is 1.70 bits per heavy atom. The Labute approximate surface area is 371 Å². The molecule has 1 heterocycles. The van der Waals surface area contributed by atoms with Crippen LogP contribution in [-0.2, 0) is 25.7 Å². The number of ether oxygens (including phenoxy) is 4. The van der Waals surface area contributed by atoms with Crippen molar-refractivity contribution < 1.29 is 48.8 Å². The van der Waals surface area contributed by atoms with Crippen molar-refractivity contribution in [2.45, 2.75) is 108 Å². The predicted octanol–water partition coefficient (Wildman–Crippen LogP) is 7.80. The smallest absolute Gasteiger partial charge is 0.269 e. The number of non-ortho nitro benzene ring substituents is 1. The Balaban J connectivity index is 1.54. The minimum Gasteiger partial charge on any atom is -0.490 e. The molecule has 3 aliphatic carbocycles. The highest BCUT2D eigenvalue weighted by Crippen LogP contribution is 2.62. The number of nitro benzene ring substituents is 1. The van der Waals surface area contributed by atoms with Crippen LogP contribution in [0.5, 0.6) is 11.5 Å². The van der Waals surface area contributed by atoms with Crippen molar-refractivity contribution in [2.24, 2.45) is 28.8 Å². The molecule has 344 valence electrons. The zero-order chi connectivity index (χ0) is 44.6. The van der Waals surface area contributed by atoms with Crippen LogP contribution in [0, 0.1) is 33.8 Å². The van der Waals surface area contributed by atoms with Gasteiger partial charge in [-0.1, -0.05) is 68.5 Å². The lowest BCUT2D eigenvalue weighted by molar-refractivity contribution is -0.384. The molecule has 2 saturated carbocycles. The van der Waals surface area contributed by atoms with Gasteiger partial charge in [-0.2, -0.15) is 0 Å². The third kappa shape index (κ3) is 11.8. The van der Waals surface area contributed by atoms with Crippen LogP contribution in [0.3, 0.4) is 0 Å². The Morgan fingerprint density at radius 3 is 2.40 bits per heavy atom. The number of unbranched alkanes of at least 4 members (excludes halogenated alkanes) is 2. The average molecular weight is 874 g/mol. The van der Waals surface area contributed by atoms with Gasteiger partial charge in [0.15, 0.2) is 0 Å². The van der Waals surface area contributed by atoms with Crippen molar-refractivity contribution in [3.8, 4) is 11.5 Å². The van der Waals surface area contributed by atoms with Crippen LogP contribution in [0.15, 0.2) is 84.6 Å². The summed E-state index contributed by atoms with van der Waals surface area (Å²) in [5, 5.41) is 45.7. The number of hydrogen-bond donors (Lipinski definition) is 3. The van der Waals surface area contributed by atoms with Crippen LogP contribution in [-0.4, -0.2) is 101 Å². The molecule has 4 aliphatic rings. The molecule has 1 amide bonds. The van der Waals surface area contributed by atoms with Crippen molar-refractivity contribution in [1.29, 1.82) is 0 Å². The molecule has 0 radical (unpaired) electrons. The second kappa shape index (κ2) is 23.9. The summed E-state index contributed by atoms with van der Waals surface area (Å²) in [6.07, 6.45) is 16.1. The Kier molecular flexibility index (Phi) is 18.2. The van der Waals surface area contributed by atoms with Gasteiger partial charge in [-0.3, -0.25) is 14.9 Å². The van der Waals surface area contributed by atoms with Crippen LogP contribution in [0.4, 0.5) is 5.69 Å². The third-order valence-corrected chi connectivity index (χ3v) is 13.2. The molecule has 0 saturated heterocycles. The summed E-state index contributed by atoms with van der Waals surface area (Å²) in [6.45, 7) is 8.91. The molecule has 2 aromatic carbocycles. The van der Waals surface area contributed by atoms with E-state index in [9.17, 15) is 30.2 Å². The first kappa shape index (κ1) is 47.9. The van der Waals surface area contributed by atoms with E-state index >= 15 is 0 Å². The number of oxime groups is 1. The Morgan fingerprint density at radius 1 is 0.952 bits per heavy atom. The first-order valence-corrected chi connectivity index (χ1v) is 22.9. The van der Waals surface area contributed by atoms with E-state index in [0.717, 1.165) is 56.1 Å². The molecule has 2 fully saturated rings. The van der Waals surface area contributed by atoms with E-state index in [1.165, 1.54) is 25.0 Å². The van der Waals surface area contributed by atoms with E-state index in [4.69, 9.17) is 28.9 Å². The molecular formula is C49H67N3O11. The van der Waals surface area contributed by atoms with Gasteiger partial charge in [0.25, 0.3) is 5.69 Å². The Bertz CT molecular complexity index is 1880. The van der Waals surface area contributed by atoms with E-state index in [-0.39, 0.29) is 88.6 Å². The molecule has 3 N–H and O–H groups in total. The maximum atomic E-state index is 14.9. The number of amides is 1. The highest BCUT2D eigenvalue weighted by atomic mass is 16.7. The van der Waals surface area contributed by atoms with Gasteiger partial charge in [0.1, 0.15) is 30.8 Å². The molecule has 1 aliphatic heterocycles. The minimum atomic E-state index is -1.43. The number of benzene rings is 2. The van der Waals surface area contributed by atoms with E-state index in [0.29, 0.717) is 54.6 Å². The molecule has 14 nitrogen and oxygen atoms in total. The largest absolute Gasteiger partial charge is 0.490 e. The van der Waals surface area contributed by atoms with Gasteiger partial charge in [-0.25, -0.2) is 0 Å². The lowest BCUT2D eigenvalue weighted by atomic mass is 9.55. The summed E-state index contributed by atoms with van der Waals surface area (Å²) in [5.74, 6) is -0.351. The SMILES string of the molecule is C=CCOc1ccc2c(c1)C1C(CCCCO)C(CCCCO)C=C3C(=NOCc4ccc([N+](=O)[O-])cc4)CC(N(CCOCCO)C(=O)CCC4CCCC4)C(OCC=C)(O2)C31. The maximum Gasteiger partial charge on any atom is 0.269 e. The van der Waals surface area contributed by atoms with E-state index in [1.807, 2.05) is 23.1 Å². The number of nitrogens with zero attached hydrogens (tertiary/aromatic N) is 3. The average Bonchev–Trinajstić information content (AvgIpc) is 3.82. The molecule has 0 spiro atoms. The van der Waals surface area contributed by atoms with Gasteiger partial charge in [-0.15, -0.1) is 6.58 Å². The summed E-state index contributed by atoms with van der Waals surface area (Å²) in [4.78, 5) is 33.8. The fourth-order valence-corrected chi connectivity index (χ4v) is 10.3. The van der Waals surface area contributed by atoms with Gasteiger partial charge in [0, 0.05) is 56.2 Å². The molecule has 0 aromatic heterocycles. The molecular weight excluding hydrogens is 807 g/mol. The van der Waals surface area contributed by atoms with Crippen LogP contribution >= 0.6 is 0 Å². The molecule has 0 bridgehead atoms. The van der Waals surface area contributed by atoms with Crippen LogP contribution in [0.1, 0.15) is 101 Å². The van der Waals surface area contributed by atoms with Crippen LogP contribution < -0.4 is 9.47 Å². The predicted molar refractivity (Wildman–Crippen MR) is 239 cm³/mol. The number of hydrogen-bond acceptors (Lipinski definition) is 12. The zero-order valence-corrected chi connectivity index (χ0v) is 36.7. The fraction of sp³-hybridized carbons (Fsp3) is 0.592. The van der Waals surface area contributed by atoms with Crippen molar-refractivity contribution in [2.75, 3.05) is 52.8 Å². The standard InChI is InChI=1S/C49H67N3O11/c1-3-27-60-39-20-21-44-42(32-39)47-40(14-8-10-25-54)37(13-7-9-24-53)31-41-43(50-62-34-36-15-18-38(19-16-36)52(57)58)33-45(49(63-44,48(41)47)61-28-4-2)51(23-29-59-30-26-55)46(56)22-17-35-11-5-6-12-35/h3-4,15-16,18-21,31-32,35,37,40,45,47-48,53-55H,1-2,5-14,17,22-30,33-34H2. The number of nitro groups is 1. The lowest BCUT2D eigenvalue weighted by Gasteiger charge is -2.60. The molecule has 14 heteroatoms. The molecule has 6 atom stereocenters. The molecule has 2 aromatic rings. The molecule has 63 heavy (non-hydrogen) atoms. The number of carbonyl (C=O) groups is 1. The van der Waals surface area contributed by atoms with Crippen molar-refractivity contribution in [3.05, 3.63) is 101 Å². The quantitative estimate of drug-likeness (QED) is 0.0345. The fourth-order valence-electron chi connectivity index (χ4n) is 10.3. The lowest BCUT2D eigenvalue weighted by Crippen LogP contribution is -2.70. The van der Waals surface area contributed by atoms with Crippen molar-refractivity contribution in [3.63, 3.8) is 0 Å². The second-order valence-corrected chi connectivity index (χ2v) is 17.2. The summed E-state index contributed by atoms with van der Waals surface area (Å²) >= 11 is 0. The number of carbonyl (C=O) groups excluding carboxylic acids is 1. The summed E-state index contributed by atoms with van der Waals surface area (Å²) < 4.78 is 26.4. The van der Waals surface area contributed by atoms with E-state index in [1.54, 1.807) is 24.3 Å². The molecule has 6 rings (SSSR count). The van der Waals surface area contributed by atoms with Crippen LogP contribution in [0.2, 0.25) is 0 Å². The van der Waals surface area contributed by atoms with Crippen molar-refractivity contribution >= 4 is 17.3 Å². The topological polar surface area (TPSA) is 183 Å². The second-order valence-electron chi connectivity index (χ2n) is 17.2. The first-order chi connectivity index (χ1) is 30.8. The number of allylic oxidation sites excluding steroid dienone is 1. The number of aliphatic hydroxyl groups is 3. The maximum absolute atomic E-state index is 14.9. The number of fused-ring (bicyclic) bond motifs is 2. The van der Waals surface area contributed by atoms with E-state index in [2.05, 4.69) is 19.2 Å². The molecule has 6 unspecified atom stereocenters. The van der Waals surface area contributed by atoms with E-state index < -0.39 is 22.7 Å². The highest BCUT2D eigenvalue weighted by Gasteiger charge is 2.65. The van der Waals surface area contributed by atoms with Gasteiger partial charge < -0.3 is 44.0 Å². The minimum absolute atomic E-state index is 0.0217. The van der Waals surface area contributed by atoms with Crippen molar-refractivity contribution in [1.82, 2.24) is 4.90 Å². The highest BCUT2D eigenvalue weighted by molar-refractivity contribution is 6.03. The first-order valence-electron chi connectivity index (χ1n) is 22.9. The number of rotatable bonds is 27. The third-order valence-electron chi connectivity index (χ3n) is 13.2. The summed E-state index contributed by atoms with van der Waals surface area (Å²) in [6, 6.07) is 11.3. The normalized spacial score (nSPS) is 24.5. The van der Waals surface area contributed by atoms with Crippen LogP contribution in [0.25, 0.3) is 0 Å². The summed E-state index contributed by atoms with van der Waals surface area (Å²) in [5.41, 5.74) is 3.17. The van der Waals surface area contributed by atoms with Gasteiger partial charge >= 0.3 is 0 Å². The monoisotopic (exact) mass is 873 g/mol. The van der Waals surface area contributed by atoms with Gasteiger partial charge in [-0.05, 0) is 91.3 Å². The zero-order valence-electron chi connectivity index (χ0n) is 36.7. The number of aliphatic hydroxyl groups excluding tert-OH is 3. The Hall–Kier alpha value is -4.60.